The molecular weight excluding hydrogens is 359 g/mol. The van der Waals surface area contributed by atoms with Crippen molar-refractivity contribution in [1.29, 1.82) is 0 Å². The van der Waals surface area contributed by atoms with Gasteiger partial charge in [0.25, 0.3) is 5.91 Å². The molecule has 28 heavy (non-hydrogen) atoms. The van der Waals surface area contributed by atoms with E-state index in [1.54, 1.807) is 29.2 Å². The van der Waals surface area contributed by atoms with Gasteiger partial charge in [0, 0.05) is 5.56 Å². The smallest absolute Gasteiger partial charge is 0.276 e. The van der Waals surface area contributed by atoms with Gasteiger partial charge in [-0.2, -0.15) is 5.10 Å². The molecule has 0 aliphatic carbocycles. The SMILES string of the molecule is Cc1cccc(Cn2cnc(NC(=O)c3cc(-c4ccc(F)cc4)n[nH]3)n2)c1. The fraction of sp³-hybridized carbons (Fsp3) is 0.100. The highest BCUT2D eigenvalue weighted by molar-refractivity contribution is 6.02. The highest BCUT2D eigenvalue weighted by Gasteiger charge is 2.13. The Bertz CT molecular complexity index is 1120. The molecule has 0 saturated heterocycles. The first-order valence-corrected chi connectivity index (χ1v) is 8.64. The van der Waals surface area contributed by atoms with Crippen molar-refractivity contribution in [2.75, 3.05) is 5.32 Å². The second-order valence-corrected chi connectivity index (χ2v) is 6.38. The Morgan fingerprint density at radius 2 is 2.00 bits per heavy atom. The monoisotopic (exact) mass is 376 g/mol. The van der Waals surface area contributed by atoms with Crippen molar-refractivity contribution in [3.05, 3.63) is 83.6 Å². The molecule has 0 spiro atoms. The molecule has 0 atom stereocenters. The third kappa shape index (κ3) is 3.96. The molecule has 0 aliphatic rings. The van der Waals surface area contributed by atoms with Gasteiger partial charge in [0.05, 0.1) is 12.2 Å². The number of aryl methyl sites for hydroxylation is 1. The lowest BCUT2D eigenvalue weighted by atomic mass is 10.1. The number of hydrogen-bond acceptors (Lipinski definition) is 4. The van der Waals surface area contributed by atoms with Crippen LogP contribution in [0.25, 0.3) is 11.3 Å². The first kappa shape index (κ1) is 17.6. The van der Waals surface area contributed by atoms with E-state index < -0.39 is 5.91 Å². The van der Waals surface area contributed by atoms with Crippen molar-refractivity contribution < 1.29 is 9.18 Å². The van der Waals surface area contributed by atoms with E-state index in [0.29, 0.717) is 17.8 Å². The number of aromatic amines is 1. The number of aromatic nitrogens is 5. The van der Waals surface area contributed by atoms with Crippen molar-refractivity contribution in [3.63, 3.8) is 0 Å². The minimum absolute atomic E-state index is 0.204. The van der Waals surface area contributed by atoms with Gasteiger partial charge in [-0.1, -0.05) is 29.8 Å². The Morgan fingerprint density at radius 3 is 2.79 bits per heavy atom. The van der Waals surface area contributed by atoms with E-state index in [2.05, 4.69) is 31.7 Å². The summed E-state index contributed by atoms with van der Waals surface area (Å²) in [4.78, 5) is 16.5. The van der Waals surface area contributed by atoms with E-state index in [4.69, 9.17) is 0 Å². The summed E-state index contributed by atoms with van der Waals surface area (Å²) < 4.78 is 14.7. The van der Waals surface area contributed by atoms with Gasteiger partial charge < -0.3 is 0 Å². The number of anilines is 1. The maximum absolute atomic E-state index is 13.0. The van der Waals surface area contributed by atoms with Crippen LogP contribution in [0.4, 0.5) is 10.3 Å². The molecule has 7 nitrogen and oxygen atoms in total. The number of nitrogens with one attached hydrogen (secondary N) is 2. The summed E-state index contributed by atoms with van der Waals surface area (Å²) in [6.07, 6.45) is 1.56. The Balaban J connectivity index is 1.43. The molecule has 4 rings (SSSR count). The lowest BCUT2D eigenvalue weighted by Gasteiger charge is -2.02. The molecule has 4 aromatic rings. The Hall–Kier alpha value is -3.81. The summed E-state index contributed by atoms with van der Waals surface area (Å²) in [6, 6.07) is 15.6. The zero-order valence-electron chi connectivity index (χ0n) is 15.1. The Labute approximate surface area is 160 Å². The molecule has 0 saturated carbocycles. The van der Waals surface area contributed by atoms with E-state index in [1.165, 1.54) is 17.7 Å². The van der Waals surface area contributed by atoms with Crippen LogP contribution in [0, 0.1) is 12.7 Å². The number of hydrogen-bond donors (Lipinski definition) is 2. The largest absolute Gasteiger partial charge is 0.288 e. The molecule has 0 radical (unpaired) electrons. The summed E-state index contributed by atoms with van der Waals surface area (Å²) in [5.41, 5.74) is 3.78. The molecule has 0 aliphatic heterocycles. The molecule has 2 aromatic heterocycles. The van der Waals surface area contributed by atoms with Crippen LogP contribution >= 0.6 is 0 Å². The zero-order chi connectivity index (χ0) is 19.5. The van der Waals surface area contributed by atoms with Crippen LogP contribution < -0.4 is 5.32 Å². The van der Waals surface area contributed by atoms with E-state index >= 15 is 0 Å². The van der Waals surface area contributed by atoms with Crippen LogP contribution in [0.3, 0.4) is 0 Å². The van der Waals surface area contributed by atoms with E-state index in [9.17, 15) is 9.18 Å². The number of benzene rings is 2. The first-order valence-electron chi connectivity index (χ1n) is 8.64. The predicted octanol–water partition coefficient (Wildman–Crippen LogP) is 3.42. The van der Waals surface area contributed by atoms with Crippen LogP contribution in [-0.4, -0.2) is 30.9 Å². The van der Waals surface area contributed by atoms with Crippen molar-refractivity contribution in [1.82, 2.24) is 25.0 Å². The van der Waals surface area contributed by atoms with Crippen LogP contribution in [-0.2, 0) is 6.54 Å². The molecule has 1 amide bonds. The summed E-state index contributed by atoms with van der Waals surface area (Å²) in [6.45, 7) is 2.59. The number of carbonyl (C=O) groups excluding carboxylic acids is 1. The Morgan fingerprint density at radius 1 is 1.18 bits per heavy atom. The van der Waals surface area contributed by atoms with Crippen molar-refractivity contribution in [3.8, 4) is 11.3 Å². The van der Waals surface area contributed by atoms with Gasteiger partial charge in [0.15, 0.2) is 0 Å². The van der Waals surface area contributed by atoms with Gasteiger partial charge in [0.1, 0.15) is 17.8 Å². The maximum atomic E-state index is 13.0. The number of rotatable bonds is 5. The van der Waals surface area contributed by atoms with Gasteiger partial charge >= 0.3 is 0 Å². The number of amides is 1. The summed E-state index contributed by atoms with van der Waals surface area (Å²) in [7, 11) is 0. The number of nitrogens with zero attached hydrogens (tertiary/aromatic N) is 4. The van der Waals surface area contributed by atoms with Gasteiger partial charge in [-0.25, -0.2) is 14.1 Å². The standard InChI is InChI=1S/C20H17FN6O/c1-13-3-2-4-14(9-13)11-27-12-22-20(26-27)23-19(28)18-10-17(24-25-18)15-5-7-16(21)8-6-15/h2-10,12H,11H2,1H3,(H,24,25)(H,23,26,28). The third-order valence-electron chi connectivity index (χ3n) is 4.15. The van der Waals surface area contributed by atoms with Crippen LogP contribution in [0.15, 0.2) is 60.9 Å². The van der Waals surface area contributed by atoms with E-state index in [-0.39, 0.29) is 17.5 Å². The van der Waals surface area contributed by atoms with Crippen LogP contribution in [0.2, 0.25) is 0 Å². The van der Waals surface area contributed by atoms with Crippen LogP contribution in [0.5, 0.6) is 0 Å². The van der Waals surface area contributed by atoms with E-state index in [1.807, 2.05) is 25.1 Å². The van der Waals surface area contributed by atoms with Crippen molar-refractivity contribution in [2.45, 2.75) is 13.5 Å². The molecule has 0 fully saturated rings. The maximum Gasteiger partial charge on any atom is 0.276 e. The fourth-order valence-electron chi connectivity index (χ4n) is 2.80. The molecule has 140 valence electrons. The minimum atomic E-state index is -0.408. The van der Waals surface area contributed by atoms with Crippen molar-refractivity contribution in [2.24, 2.45) is 0 Å². The van der Waals surface area contributed by atoms with Gasteiger partial charge in [-0.15, -0.1) is 5.10 Å². The topological polar surface area (TPSA) is 88.5 Å². The molecule has 8 heteroatoms. The second kappa shape index (κ2) is 7.43. The molecular formula is C20H17FN6O. The van der Waals surface area contributed by atoms with Gasteiger partial charge in [0.2, 0.25) is 5.95 Å². The lowest BCUT2D eigenvalue weighted by molar-refractivity contribution is 0.102. The quantitative estimate of drug-likeness (QED) is 0.559. The average molecular weight is 376 g/mol. The molecule has 2 aromatic carbocycles. The first-order chi connectivity index (χ1) is 13.6. The molecule has 2 heterocycles. The second-order valence-electron chi connectivity index (χ2n) is 6.38. The molecule has 2 N–H and O–H groups in total. The average Bonchev–Trinajstić information content (AvgIpc) is 3.32. The van der Waals surface area contributed by atoms with Crippen molar-refractivity contribution >= 4 is 11.9 Å². The van der Waals surface area contributed by atoms with Crippen LogP contribution in [0.1, 0.15) is 21.6 Å². The zero-order valence-corrected chi connectivity index (χ0v) is 15.1. The fourth-order valence-corrected chi connectivity index (χ4v) is 2.80. The molecule has 0 bridgehead atoms. The summed E-state index contributed by atoms with van der Waals surface area (Å²) in [5.74, 6) is -0.533. The highest BCUT2D eigenvalue weighted by Crippen LogP contribution is 2.18. The minimum Gasteiger partial charge on any atom is -0.288 e. The van der Waals surface area contributed by atoms with E-state index in [0.717, 1.165) is 5.56 Å². The summed E-state index contributed by atoms with van der Waals surface area (Å²) >= 11 is 0. The Kier molecular flexibility index (Phi) is 4.67. The third-order valence-corrected chi connectivity index (χ3v) is 4.15. The summed E-state index contributed by atoms with van der Waals surface area (Å²) in [5, 5.41) is 13.7. The molecule has 0 unspecified atom stereocenters. The highest BCUT2D eigenvalue weighted by atomic mass is 19.1. The van der Waals surface area contributed by atoms with Gasteiger partial charge in [-0.05, 0) is 42.8 Å². The predicted molar refractivity (Wildman–Crippen MR) is 102 cm³/mol. The number of H-pyrrole nitrogens is 1. The normalized spacial score (nSPS) is 10.8. The number of carbonyl (C=O) groups is 1. The lowest BCUT2D eigenvalue weighted by Crippen LogP contribution is -2.14. The van der Waals surface area contributed by atoms with Gasteiger partial charge in [-0.3, -0.25) is 15.2 Å². The number of halogens is 1.